The van der Waals surface area contributed by atoms with Gasteiger partial charge in [0.15, 0.2) is 0 Å². The summed E-state index contributed by atoms with van der Waals surface area (Å²) in [5.41, 5.74) is 1.62. The normalized spacial score (nSPS) is 34.8. The Morgan fingerprint density at radius 1 is 1.06 bits per heavy atom. The summed E-state index contributed by atoms with van der Waals surface area (Å²) in [7, 11) is 2.04. The van der Waals surface area contributed by atoms with E-state index < -0.39 is 0 Å². The van der Waals surface area contributed by atoms with Crippen LogP contribution in [0.25, 0.3) is 0 Å². The molecule has 0 amide bonds. The third kappa shape index (κ3) is 1.78. The van der Waals surface area contributed by atoms with Crippen molar-refractivity contribution in [2.45, 2.75) is 43.9 Å². The number of halogens is 1. The summed E-state index contributed by atoms with van der Waals surface area (Å²) in [5.74, 6) is 0.000478. The Morgan fingerprint density at radius 3 is 2.22 bits per heavy atom. The van der Waals surface area contributed by atoms with Gasteiger partial charge in [0.25, 0.3) is 0 Å². The van der Waals surface area contributed by atoms with Crippen LogP contribution in [0.3, 0.4) is 0 Å². The maximum Gasteiger partial charge on any atom is 0.126 e. The SMILES string of the molecule is CNCC12CCC(c3ccccc3F)(CC1)CC2. The summed E-state index contributed by atoms with van der Waals surface area (Å²) in [4.78, 5) is 0. The van der Waals surface area contributed by atoms with Crippen LogP contribution in [0.1, 0.15) is 44.1 Å². The van der Waals surface area contributed by atoms with Crippen LogP contribution in [-0.4, -0.2) is 13.6 Å². The van der Waals surface area contributed by atoms with Crippen molar-refractivity contribution in [2.75, 3.05) is 13.6 Å². The summed E-state index contributed by atoms with van der Waals surface area (Å²) in [5, 5.41) is 3.34. The van der Waals surface area contributed by atoms with Crippen LogP contribution in [0, 0.1) is 11.2 Å². The van der Waals surface area contributed by atoms with Crippen LogP contribution in [0.4, 0.5) is 4.39 Å². The molecule has 0 aromatic heterocycles. The molecule has 3 aliphatic carbocycles. The van der Waals surface area contributed by atoms with E-state index in [0.29, 0.717) is 5.41 Å². The molecule has 3 saturated carbocycles. The van der Waals surface area contributed by atoms with Crippen LogP contribution in [-0.2, 0) is 5.41 Å². The van der Waals surface area contributed by atoms with Crippen molar-refractivity contribution in [3.63, 3.8) is 0 Å². The lowest BCUT2D eigenvalue weighted by Gasteiger charge is -2.54. The number of rotatable bonds is 3. The van der Waals surface area contributed by atoms with E-state index in [-0.39, 0.29) is 11.2 Å². The predicted octanol–water partition coefficient (Wildman–Crippen LogP) is 3.64. The number of hydrogen-bond acceptors (Lipinski definition) is 1. The average Bonchev–Trinajstić information content (AvgIpc) is 2.41. The van der Waals surface area contributed by atoms with Gasteiger partial charge in [-0.25, -0.2) is 4.39 Å². The fraction of sp³-hybridized carbons (Fsp3) is 0.625. The Labute approximate surface area is 109 Å². The van der Waals surface area contributed by atoms with E-state index in [1.807, 2.05) is 19.2 Å². The number of benzene rings is 1. The van der Waals surface area contributed by atoms with Crippen molar-refractivity contribution in [3.05, 3.63) is 35.6 Å². The molecule has 0 aliphatic heterocycles. The van der Waals surface area contributed by atoms with E-state index in [0.717, 1.165) is 31.4 Å². The van der Waals surface area contributed by atoms with Crippen molar-refractivity contribution < 1.29 is 4.39 Å². The van der Waals surface area contributed by atoms with E-state index >= 15 is 0 Å². The van der Waals surface area contributed by atoms with Crippen LogP contribution < -0.4 is 5.32 Å². The Kier molecular flexibility index (Phi) is 2.93. The molecule has 1 N–H and O–H groups in total. The zero-order valence-corrected chi connectivity index (χ0v) is 11.1. The fourth-order valence-corrected chi connectivity index (χ4v) is 4.20. The minimum Gasteiger partial charge on any atom is -0.319 e. The molecule has 0 radical (unpaired) electrons. The highest BCUT2D eigenvalue weighted by molar-refractivity contribution is 5.29. The molecule has 0 spiro atoms. The van der Waals surface area contributed by atoms with Crippen LogP contribution in [0.5, 0.6) is 0 Å². The van der Waals surface area contributed by atoms with E-state index in [1.165, 1.54) is 19.3 Å². The Hall–Kier alpha value is -0.890. The second-order valence-corrected chi connectivity index (χ2v) is 6.29. The largest absolute Gasteiger partial charge is 0.319 e. The topological polar surface area (TPSA) is 12.0 Å². The van der Waals surface area contributed by atoms with Gasteiger partial charge in [-0.15, -0.1) is 0 Å². The van der Waals surface area contributed by atoms with Crippen LogP contribution in [0.15, 0.2) is 24.3 Å². The van der Waals surface area contributed by atoms with Gasteiger partial charge in [0, 0.05) is 6.54 Å². The maximum absolute atomic E-state index is 14.1. The molecule has 0 unspecified atom stereocenters. The maximum atomic E-state index is 14.1. The first-order chi connectivity index (χ1) is 8.70. The molecule has 3 aliphatic rings. The van der Waals surface area contributed by atoms with Crippen molar-refractivity contribution >= 4 is 0 Å². The highest BCUT2D eigenvalue weighted by Gasteiger charge is 2.49. The number of hydrogen-bond donors (Lipinski definition) is 1. The van der Waals surface area contributed by atoms with Crippen molar-refractivity contribution in [1.82, 2.24) is 5.32 Å². The average molecular weight is 247 g/mol. The molecule has 4 rings (SSSR count). The van der Waals surface area contributed by atoms with Gasteiger partial charge < -0.3 is 5.32 Å². The van der Waals surface area contributed by atoms with Crippen molar-refractivity contribution in [1.29, 1.82) is 0 Å². The smallest absolute Gasteiger partial charge is 0.126 e. The van der Waals surface area contributed by atoms with Crippen LogP contribution >= 0.6 is 0 Å². The third-order valence-corrected chi connectivity index (χ3v) is 5.40. The molecule has 1 aromatic rings. The molecule has 0 atom stereocenters. The van der Waals surface area contributed by atoms with Gasteiger partial charge in [0.05, 0.1) is 0 Å². The van der Waals surface area contributed by atoms with E-state index in [4.69, 9.17) is 0 Å². The molecule has 2 heteroatoms. The number of fused-ring (bicyclic) bond motifs is 3. The summed E-state index contributed by atoms with van der Waals surface area (Å²) in [6.45, 7) is 1.13. The lowest BCUT2D eigenvalue weighted by Crippen LogP contribution is -2.48. The van der Waals surface area contributed by atoms with Gasteiger partial charge in [-0.05, 0) is 68.0 Å². The molecule has 3 fully saturated rings. The van der Waals surface area contributed by atoms with E-state index in [1.54, 1.807) is 12.1 Å². The third-order valence-electron chi connectivity index (χ3n) is 5.40. The standard InChI is InChI=1S/C16H22FN/c1-18-12-15-6-9-16(10-7-15,11-8-15)13-4-2-3-5-14(13)17/h2-5,18H,6-12H2,1H3. The molecular weight excluding hydrogens is 225 g/mol. The zero-order valence-electron chi connectivity index (χ0n) is 11.1. The highest BCUT2D eigenvalue weighted by Crippen LogP contribution is 2.57. The molecule has 18 heavy (non-hydrogen) atoms. The van der Waals surface area contributed by atoms with Crippen molar-refractivity contribution in [3.8, 4) is 0 Å². The minimum atomic E-state index is 0.000478. The summed E-state index contributed by atoms with van der Waals surface area (Å²) in [6, 6.07) is 7.41. The van der Waals surface area contributed by atoms with Gasteiger partial charge in [0.2, 0.25) is 0 Å². The first kappa shape index (κ1) is 12.2. The summed E-state index contributed by atoms with van der Waals surface area (Å²) in [6.07, 6.45) is 7.24. The van der Waals surface area contributed by atoms with Crippen molar-refractivity contribution in [2.24, 2.45) is 5.41 Å². The van der Waals surface area contributed by atoms with Crippen LogP contribution in [0.2, 0.25) is 0 Å². The molecule has 1 nitrogen and oxygen atoms in total. The molecular formula is C16H22FN. The Morgan fingerprint density at radius 2 is 1.67 bits per heavy atom. The molecule has 98 valence electrons. The molecule has 1 aromatic carbocycles. The number of nitrogens with one attached hydrogen (secondary N) is 1. The van der Waals surface area contributed by atoms with Gasteiger partial charge in [0.1, 0.15) is 5.82 Å². The second-order valence-electron chi connectivity index (χ2n) is 6.29. The van der Waals surface area contributed by atoms with E-state index in [9.17, 15) is 4.39 Å². The monoisotopic (exact) mass is 247 g/mol. The fourth-order valence-electron chi connectivity index (χ4n) is 4.20. The summed E-state index contributed by atoms with van der Waals surface area (Å²) >= 11 is 0. The first-order valence-corrected chi connectivity index (χ1v) is 7.09. The quantitative estimate of drug-likeness (QED) is 0.860. The Balaban J connectivity index is 1.87. The zero-order chi connectivity index (χ0) is 12.6. The molecule has 2 bridgehead atoms. The predicted molar refractivity (Wildman–Crippen MR) is 72.1 cm³/mol. The van der Waals surface area contributed by atoms with Gasteiger partial charge in [-0.3, -0.25) is 0 Å². The van der Waals surface area contributed by atoms with Gasteiger partial charge in [-0.1, -0.05) is 18.2 Å². The second kappa shape index (κ2) is 4.34. The van der Waals surface area contributed by atoms with E-state index in [2.05, 4.69) is 5.32 Å². The molecule has 0 heterocycles. The minimum absolute atomic E-state index is 0.000478. The first-order valence-electron chi connectivity index (χ1n) is 7.09. The highest BCUT2D eigenvalue weighted by atomic mass is 19.1. The Bertz CT molecular complexity index is 416. The van der Waals surface area contributed by atoms with Gasteiger partial charge in [-0.2, -0.15) is 0 Å². The molecule has 0 saturated heterocycles. The lowest BCUT2D eigenvalue weighted by molar-refractivity contribution is 0.0397. The lowest BCUT2D eigenvalue weighted by atomic mass is 9.52. The van der Waals surface area contributed by atoms with Gasteiger partial charge >= 0.3 is 0 Å². The summed E-state index contributed by atoms with van der Waals surface area (Å²) < 4.78 is 14.1.